The number of para-hydroxylation sites is 2. The molecule has 1 fully saturated rings. The average Bonchev–Trinajstić information content (AvgIpc) is 3.00. The van der Waals surface area contributed by atoms with Crippen molar-refractivity contribution in [1.82, 2.24) is 20.0 Å². The first-order chi connectivity index (χ1) is 12.6. The first kappa shape index (κ1) is 16.5. The fourth-order valence-electron chi connectivity index (χ4n) is 3.29. The maximum atomic E-state index is 12.7. The van der Waals surface area contributed by atoms with Gasteiger partial charge in [-0.05, 0) is 26.0 Å². The Morgan fingerprint density at radius 1 is 1.19 bits per heavy atom. The van der Waals surface area contributed by atoms with Crippen molar-refractivity contribution in [2.45, 2.75) is 32.8 Å². The van der Waals surface area contributed by atoms with Crippen LogP contribution in [0, 0.1) is 13.8 Å². The molecule has 0 atom stereocenters. The third-order valence-corrected chi connectivity index (χ3v) is 4.69. The number of nitrogens with zero attached hydrogens (tertiary/aromatic N) is 4. The maximum Gasteiger partial charge on any atom is 0.259 e. The lowest BCUT2D eigenvalue weighted by Crippen LogP contribution is -2.42. The van der Waals surface area contributed by atoms with Crippen molar-refractivity contribution in [2.75, 3.05) is 13.1 Å². The number of hydrogen-bond acceptors (Lipinski definition) is 6. The van der Waals surface area contributed by atoms with Gasteiger partial charge in [-0.15, -0.1) is 0 Å². The van der Waals surface area contributed by atoms with E-state index in [4.69, 9.17) is 9.26 Å². The van der Waals surface area contributed by atoms with Crippen LogP contribution in [0.5, 0.6) is 5.88 Å². The van der Waals surface area contributed by atoms with E-state index in [-0.39, 0.29) is 12.0 Å². The molecule has 0 spiro atoms. The quantitative estimate of drug-likeness (QED) is 0.721. The molecule has 3 heterocycles. The van der Waals surface area contributed by atoms with Crippen molar-refractivity contribution in [1.29, 1.82) is 0 Å². The first-order valence-electron chi connectivity index (χ1n) is 8.72. The van der Waals surface area contributed by atoms with Crippen molar-refractivity contribution in [3.05, 3.63) is 47.5 Å². The van der Waals surface area contributed by atoms with E-state index in [1.165, 1.54) is 0 Å². The third-order valence-electron chi connectivity index (χ3n) is 4.69. The molecule has 0 bridgehead atoms. The molecule has 134 valence electrons. The second-order valence-corrected chi connectivity index (χ2v) is 6.51. The molecule has 1 saturated heterocycles. The van der Waals surface area contributed by atoms with Crippen LogP contribution in [-0.4, -0.2) is 45.1 Å². The number of amides is 1. The van der Waals surface area contributed by atoms with Crippen LogP contribution in [0.2, 0.25) is 0 Å². The van der Waals surface area contributed by atoms with Gasteiger partial charge < -0.3 is 14.2 Å². The fraction of sp³-hybridized carbons (Fsp3) is 0.368. The molecule has 7 heteroatoms. The van der Waals surface area contributed by atoms with Crippen LogP contribution in [-0.2, 0) is 0 Å². The predicted octanol–water partition coefficient (Wildman–Crippen LogP) is 2.92. The molecule has 1 aliphatic rings. The Bertz CT molecular complexity index is 925. The lowest BCUT2D eigenvalue weighted by molar-refractivity contribution is 0.0586. The zero-order valence-electron chi connectivity index (χ0n) is 14.8. The molecular weight excluding hydrogens is 332 g/mol. The lowest BCUT2D eigenvalue weighted by atomic mass is 10.1. The third kappa shape index (κ3) is 3.12. The lowest BCUT2D eigenvalue weighted by Gasteiger charge is -2.31. The van der Waals surface area contributed by atoms with E-state index in [1.54, 1.807) is 20.0 Å². The van der Waals surface area contributed by atoms with Gasteiger partial charge in [-0.2, -0.15) is 0 Å². The molecule has 3 aromatic rings. The molecule has 1 aromatic carbocycles. The van der Waals surface area contributed by atoms with Gasteiger partial charge in [-0.1, -0.05) is 17.3 Å². The molecule has 26 heavy (non-hydrogen) atoms. The van der Waals surface area contributed by atoms with E-state index in [2.05, 4.69) is 15.1 Å². The van der Waals surface area contributed by atoms with Gasteiger partial charge in [-0.3, -0.25) is 4.79 Å². The molecular formula is C19H20N4O3. The van der Waals surface area contributed by atoms with E-state index in [0.29, 0.717) is 36.0 Å². The number of hydrogen-bond donors (Lipinski definition) is 0. The Balaban J connectivity index is 1.39. The number of ether oxygens (including phenoxy) is 1. The molecule has 4 rings (SSSR count). The second kappa shape index (κ2) is 6.74. The molecule has 2 aromatic heterocycles. The number of fused-ring (bicyclic) bond motifs is 1. The zero-order chi connectivity index (χ0) is 18.1. The highest BCUT2D eigenvalue weighted by molar-refractivity contribution is 5.96. The maximum absolute atomic E-state index is 12.7. The average molecular weight is 352 g/mol. The highest BCUT2D eigenvalue weighted by atomic mass is 16.5. The standard InChI is InChI=1S/C19H20N4O3/c1-12-18(13(2)26-22-12)19(24)23-9-7-14(8-10-23)25-17-11-20-15-5-3-4-6-16(15)21-17/h3-6,11,14H,7-10H2,1-2H3. The van der Waals surface area contributed by atoms with Crippen LogP contribution in [0.15, 0.2) is 35.0 Å². The van der Waals surface area contributed by atoms with Crippen molar-refractivity contribution in [3.8, 4) is 5.88 Å². The fourth-order valence-corrected chi connectivity index (χ4v) is 3.29. The van der Waals surface area contributed by atoms with Crippen molar-refractivity contribution < 1.29 is 14.1 Å². The van der Waals surface area contributed by atoms with Gasteiger partial charge in [0, 0.05) is 25.9 Å². The molecule has 0 N–H and O–H groups in total. The molecule has 0 radical (unpaired) electrons. The van der Waals surface area contributed by atoms with E-state index in [9.17, 15) is 4.79 Å². The van der Waals surface area contributed by atoms with Gasteiger partial charge in [0.05, 0.1) is 22.9 Å². The van der Waals surface area contributed by atoms with Crippen LogP contribution in [0.4, 0.5) is 0 Å². The summed E-state index contributed by atoms with van der Waals surface area (Å²) in [6, 6.07) is 7.70. The molecule has 7 nitrogen and oxygen atoms in total. The number of aryl methyl sites for hydroxylation is 2. The number of piperidine rings is 1. The molecule has 0 unspecified atom stereocenters. The second-order valence-electron chi connectivity index (χ2n) is 6.51. The largest absolute Gasteiger partial charge is 0.473 e. The summed E-state index contributed by atoms with van der Waals surface area (Å²) < 4.78 is 11.1. The van der Waals surface area contributed by atoms with Gasteiger partial charge in [0.15, 0.2) is 0 Å². The summed E-state index contributed by atoms with van der Waals surface area (Å²) in [4.78, 5) is 23.4. The molecule has 1 aliphatic heterocycles. The summed E-state index contributed by atoms with van der Waals surface area (Å²) in [7, 11) is 0. The van der Waals surface area contributed by atoms with Crippen LogP contribution in [0.3, 0.4) is 0 Å². The Kier molecular flexibility index (Phi) is 4.28. The predicted molar refractivity (Wildman–Crippen MR) is 95.1 cm³/mol. The molecule has 0 aliphatic carbocycles. The van der Waals surface area contributed by atoms with Crippen LogP contribution in [0.1, 0.15) is 34.7 Å². The SMILES string of the molecule is Cc1noc(C)c1C(=O)N1CCC(Oc2cnc3ccccc3n2)CC1. The van der Waals surface area contributed by atoms with Crippen molar-refractivity contribution >= 4 is 16.9 Å². The van der Waals surface area contributed by atoms with Crippen molar-refractivity contribution in [3.63, 3.8) is 0 Å². The van der Waals surface area contributed by atoms with E-state index < -0.39 is 0 Å². The summed E-state index contributed by atoms with van der Waals surface area (Å²) in [6.45, 7) is 4.82. The summed E-state index contributed by atoms with van der Waals surface area (Å²) in [6.07, 6.45) is 3.19. The Hall–Kier alpha value is -2.96. The van der Waals surface area contributed by atoms with E-state index in [0.717, 1.165) is 23.9 Å². The van der Waals surface area contributed by atoms with Gasteiger partial charge in [-0.25, -0.2) is 9.97 Å². The van der Waals surface area contributed by atoms with Crippen LogP contribution < -0.4 is 4.74 Å². The summed E-state index contributed by atoms with van der Waals surface area (Å²) in [5.74, 6) is 1.07. The topological polar surface area (TPSA) is 81.4 Å². The smallest absolute Gasteiger partial charge is 0.259 e. The molecule has 1 amide bonds. The number of carbonyl (C=O) groups excluding carboxylic acids is 1. The van der Waals surface area contributed by atoms with Crippen molar-refractivity contribution in [2.24, 2.45) is 0 Å². The number of aromatic nitrogens is 3. The Labute approximate surface area is 151 Å². The van der Waals surface area contributed by atoms with Gasteiger partial charge in [0.1, 0.15) is 17.4 Å². The Morgan fingerprint density at radius 3 is 2.62 bits per heavy atom. The van der Waals surface area contributed by atoms with Gasteiger partial charge >= 0.3 is 0 Å². The number of rotatable bonds is 3. The first-order valence-corrected chi connectivity index (χ1v) is 8.72. The van der Waals surface area contributed by atoms with E-state index in [1.807, 2.05) is 29.2 Å². The van der Waals surface area contributed by atoms with E-state index >= 15 is 0 Å². The summed E-state index contributed by atoms with van der Waals surface area (Å²) in [5.41, 5.74) is 2.87. The number of carbonyl (C=O) groups is 1. The highest BCUT2D eigenvalue weighted by Gasteiger charge is 2.28. The number of likely N-dealkylation sites (tertiary alicyclic amines) is 1. The summed E-state index contributed by atoms with van der Waals surface area (Å²) in [5, 5.41) is 3.87. The molecule has 0 saturated carbocycles. The van der Waals surface area contributed by atoms with Crippen LogP contribution in [0.25, 0.3) is 11.0 Å². The van der Waals surface area contributed by atoms with Gasteiger partial charge in [0.25, 0.3) is 5.91 Å². The zero-order valence-corrected chi connectivity index (χ0v) is 14.8. The monoisotopic (exact) mass is 352 g/mol. The highest BCUT2D eigenvalue weighted by Crippen LogP contribution is 2.22. The van der Waals surface area contributed by atoms with Gasteiger partial charge in [0.2, 0.25) is 5.88 Å². The minimum atomic E-state index is -0.0230. The minimum absolute atomic E-state index is 0.0230. The normalized spacial score (nSPS) is 15.4. The summed E-state index contributed by atoms with van der Waals surface area (Å²) >= 11 is 0. The Morgan fingerprint density at radius 2 is 1.92 bits per heavy atom. The minimum Gasteiger partial charge on any atom is -0.473 e. The van der Waals surface area contributed by atoms with Crippen LogP contribution >= 0.6 is 0 Å². The number of benzene rings is 1.